The van der Waals surface area contributed by atoms with Gasteiger partial charge in [0.2, 0.25) is 0 Å². The molecule has 8 aromatic carbocycles. The molecule has 6 atom stereocenters. The van der Waals surface area contributed by atoms with Gasteiger partial charge in [0.15, 0.2) is 0 Å². The predicted molar refractivity (Wildman–Crippen MR) is 429 cm³/mol. The second-order valence-electron chi connectivity index (χ2n) is 27.3. The first-order valence-electron chi connectivity index (χ1n) is 37.1. The number of anilines is 4. The highest BCUT2D eigenvalue weighted by molar-refractivity contribution is 7.93. The van der Waals surface area contributed by atoms with Crippen LogP contribution in [0.1, 0.15) is 166 Å². The molecule has 0 aromatic heterocycles. The molecule has 0 fully saturated rings. The van der Waals surface area contributed by atoms with Crippen LogP contribution >= 0.6 is 0 Å². The number of ether oxygens (including phenoxy) is 3. The van der Waals surface area contributed by atoms with E-state index in [1.54, 1.807) is 65.8 Å². The average molecular weight is 1550 g/mol. The van der Waals surface area contributed by atoms with Gasteiger partial charge in [-0.15, -0.1) is 0 Å². The molecule has 0 saturated heterocycles. The first-order chi connectivity index (χ1) is 51.8. The monoisotopic (exact) mass is 1550 g/mol. The number of sulfonamides is 4. The van der Waals surface area contributed by atoms with Crippen LogP contribution in [0.4, 0.5) is 22.7 Å². The van der Waals surface area contributed by atoms with Crippen molar-refractivity contribution in [3.05, 3.63) is 238 Å². The van der Waals surface area contributed by atoms with Crippen molar-refractivity contribution in [3.8, 4) is 0 Å². The minimum atomic E-state index is -3.61. The SMILES string of the molecule is CCCCCCCCNC1c2ccccc2N(CC)S(=O)(=O)c2ccccc21.CCN1c2ccccc2C(NCCCOC)c2ccccc2S1(=O)=O.COC(C)CCNC1c2ccccc2N(C)S(=O)(=O)c2cc(C)ccc21.COCC(C)CNC1c2ccccc2N(C)S(=O)(=O)c2cc(C)ccc21.O=C=O. The Morgan fingerprint density at radius 2 is 0.759 bits per heavy atom. The molecule has 582 valence electrons. The Balaban J connectivity index is 0.000000179. The smallest absolute Gasteiger partial charge is 0.373 e. The van der Waals surface area contributed by atoms with Crippen LogP contribution in [0.3, 0.4) is 0 Å². The number of nitrogens with zero attached hydrogens (tertiary/aromatic N) is 4. The predicted octanol–water partition coefficient (Wildman–Crippen LogP) is 13.9. The van der Waals surface area contributed by atoms with Gasteiger partial charge in [0, 0.05) is 68.3 Å². The lowest BCUT2D eigenvalue weighted by Gasteiger charge is -2.24. The summed E-state index contributed by atoms with van der Waals surface area (Å²) in [4.78, 5) is 17.8. The molecule has 4 aliphatic heterocycles. The summed E-state index contributed by atoms with van der Waals surface area (Å²) in [7, 11) is -6.04. The van der Waals surface area contributed by atoms with Crippen molar-refractivity contribution in [2.24, 2.45) is 5.92 Å². The molecule has 108 heavy (non-hydrogen) atoms. The molecular formula is C83H108N8O13S4. The third-order valence-corrected chi connectivity index (χ3v) is 27.4. The zero-order chi connectivity index (χ0) is 78.3. The maximum atomic E-state index is 13.3. The molecule has 0 bridgehead atoms. The van der Waals surface area contributed by atoms with Crippen LogP contribution < -0.4 is 38.5 Å². The van der Waals surface area contributed by atoms with Gasteiger partial charge in [-0.25, -0.2) is 33.7 Å². The van der Waals surface area contributed by atoms with Gasteiger partial charge in [-0.05, 0) is 184 Å². The quantitative estimate of drug-likeness (QED) is 0.0388. The number of fused-ring (bicyclic) bond motifs is 8. The molecule has 4 heterocycles. The van der Waals surface area contributed by atoms with Gasteiger partial charge in [-0.3, -0.25) is 17.2 Å². The number of methoxy groups -OCH3 is 3. The van der Waals surface area contributed by atoms with E-state index >= 15 is 0 Å². The minimum Gasteiger partial charge on any atom is -0.385 e. The van der Waals surface area contributed by atoms with Gasteiger partial charge in [-0.1, -0.05) is 179 Å². The van der Waals surface area contributed by atoms with Crippen LogP contribution in [0.25, 0.3) is 0 Å². The third-order valence-electron chi connectivity index (χ3n) is 19.8. The number of hydrogen-bond donors (Lipinski definition) is 4. The number of carbonyl (C=O) groups excluding carboxylic acids is 2. The molecule has 0 saturated carbocycles. The van der Waals surface area contributed by atoms with E-state index in [0.29, 0.717) is 63.2 Å². The first kappa shape index (κ1) is 85.5. The summed E-state index contributed by atoms with van der Waals surface area (Å²) >= 11 is 0. The molecule has 8 aromatic rings. The zero-order valence-corrected chi connectivity index (χ0v) is 67.6. The fraction of sp³-hybridized carbons (Fsp3) is 0.410. The molecule has 0 spiro atoms. The molecule has 0 aliphatic carbocycles. The standard InChI is InChI=1S/C23H32N2O2S.2C20H26N2O3S.C19H24N2O3S.CO2/c1-3-5-6-7-8-13-18-24-23-19-14-9-11-16-21(19)25(4-2)28(26,27)22-17-12-10-15-20(22)23;1-14-9-10-17-19(11-14)26(23,24)22(3)18-8-6-5-7-16(18)20(17)21-12-15(2)13-25-4;1-14-9-10-17-19(13-14)26(23,24)22(3)18-8-6-5-7-16(18)20(17)21-12-11-15(2)25-4;1-3-21-17-11-6-4-9-15(17)19(20-13-8-14-24-2)16-10-5-7-12-18(16)25(21,22)23;2-1-3/h9-12,14-17,23-24H,3-8,13,18H2,1-2H3;5-11,15,20-21H,12-13H2,1-4H3;5-10,13,15,20-21H,11-12H2,1-4H3;4-7,9-12,19-20H,3,8,13-14H2,1-2H3;. The number of benzene rings is 8. The van der Waals surface area contributed by atoms with Gasteiger partial charge < -0.3 is 35.5 Å². The van der Waals surface area contributed by atoms with Crippen molar-refractivity contribution >= 4 is 69.0 Å². The second kappa shape index (κ2) is 40.0. The largest absolute Gasteiger partial charge is 0.385 e. The van der Waals surface area contributed by atoms with Gasteiger partial charge in [0.05, 0.1) is 72.6 Å². The Labute approximate surface area is 642 Å². The molecule has 6 unspecified atom stereocenters. The van der Waals surface area contributed by atoms with Crippen molar-refractivity contribution in [2.45, 2.75) is 150 Å². The highest BCUT2D eigenvalue weighted by Gasteiger charge is 2.40. The Hall–Kier alpha value is -8.14. The Kier molecular flexibility index (Phi) is 31.6. The summed E-state index contributed by atoms with van der Waals surface area (Å²) in [6.45, 7) is 19.2. The fourth-order valence-electron chi connectivity index (χ4n) is 14.2. The first-order valence-corrected chi connectivity index (χ1v) is 42.8. The summed E-state index contributed by atoms with van der Waals surface area (Å²) in [6.07, 6.45) is 9.56. The van der Waals surface area contributed by atoms with Crippen LogP contribution in [0.5, 0.6) is 0 Å². The van der Waals surface area contributed by atoms with Crippen molar-refractivity contribution < 1.29 is 57.5 Å². The van der Waals surface area contributed by atoms with Gasteiger partial charge in [0.25, 0.3) is 40.1 Å². The van der Waals surface area contributed by atoms with E-state index in [1.807, 2.05) is 180 Å². The number of aryl methyl sites for hydroxylation is 2. The third kappa shape index (κ3) is 19.9. The second-order valence-corrected chi connectivity index (χ2v) is 34.8. The molecule has 4 N–H and O–H groups in total. The van der Waals surface area contributed by atoms with Crippen LogP contribution in [0, 0.1) is 19.8 Å². The Morgan fingerprint density at radius 3 is 1.17 bits per heavy atom. The van der Waals surface area contributed by atoms with E-state index in [9.17, 15) is 33.7 Å². The topological polar surface area (TPSA) is 259 Å². The van der Waals surface area contributed by atoms with Crippen LogP contribution in [0.15, 0.2) is 202 Å². The molecule has 25 heteroatoms. The average Bonchev–Trinajstić information content (AvgIpc) is 1.63. The van der Waals surface area contributed by atoms with E-state index in [0.717, 1.165) is 112 Å². The summed E-state index contributed by atoms with van der Waals surface area (Å²) in [5.74, 6) is 0.318. The molecule has 21 nitrogen and oxygen atoms in total. The van der Waals surface area contributed by atoms with Crippen LogP contribution in [-0.4, -0.2) is 134 Å². The molecule has 0 amide bonds. The lowest BCUT2D eigenvalue weighted by Crippen LogP contribution is -2.30. The number of rotatable bonds is 25. The number of unbranched alkanes of at least 4 members (excludes halogenated alkanes) is 5. The number of para-hydroxylation sites is 4. The molecule has 12 rings (SSSR count). The summed E-state index contributed by atoms with van der Waals surface area (Å²) in [6, 6.07) is 56.3. The molecular weight excluding hydrogens is 1450 g/mol. The van der Waals surface area contributed by atoms with Crippen molar-refractivity contribution in [1.82, 2.24) is 21.3 Å². The van der Waals surface area contributed by atoms with Crippen molar-refractivity contribution in [2.75, 3.05) is 105 Å². The highest BCUT2D eigenvalue weighted by atomic mass is 32.2. The van der Waals surface area contributed by atoms with E-state index in [2.05, 4.69) is 41.2 Å². The number of hydrogen-bond acceptors (Lipinski definition) is 17. The number of nitrogens with one attached hydrogen (secondary N) is 4. The van der Waals surface area contributed by atoms with Gasteiger partial charge in [0.1, 0.15) is 0 Å². The minimum absolute atomic E-state index is 0.116. The van der Waals surface area contributed by atoms with Crippen LogP contribution in [0.2, 0.25) is 0 Å². The maximum Gasteiger partial charge on any atom is 0.373 e. The summed E-state index contributed by atoms with van der Waals surface area (Å²) in [5.41, 5.74) is 12.0. The lowest BCUT2D eigenvalue weighted by atomic mass is 9.95. The Morgan fingerprint density at radius 1 is 0.407 bits per heavy atom. The van der Waals surface area contributed by atoms with Gasteiger partial charge >= 0.3 is 6.15 Å². The van der Waals surface area contributed by atoms with Crippen LogP contribution in [-0.2, 0) is 63.9 Å². The van der Waals surface area contributed by atoms with E-state index < -0.39 is 40.1 Å². The maximum absolute atomic E-state index is 13.3. The normalized spacial score (nSPS) is 18.2. The lowest BCUT2D eigenvalue weighted by molar-refractivity contribution is -0.191. The molecule has 4 aliphatic rings. The fourth-order valence-corrected chi connectivity index (χ4v) is 20.7. The van der Waals surface area contributed by atoms with E-state index in [1.165, 1.54) is 49.3 Å². The van der Waals surface area contributed by atoms with Crippen molar-refractivity contribution in [3.63, 3.8) is 0 Å². The zero-order valence-electron chi connectivity index (χ0n) is 64.3. The van der Waals surface area contributed by atoms with E-state index in [-0.39, 0.29) is 36.4 Å². The van der Waals surface area contributed by atoms with Crippen molar-refractivity contribution in [1.29, 1.82) is 0 Å². The highest BCUT2D eigenvalue weighted by Crippen LogP contribution is 2.45. The molecule has 0 radical (unpaired) electrons. The van der Waals surface area contributed by atoms with Gasteiger partial charge in [-0.2, -0.15) is 9.59 Å². The summed E-state index contributed by atoms with van der Waals surface area (Å²) < 4.78 is 127. The van der Waals surface area contributed by atoms with E-state index in [4.69, 9.17) is 23.8 Å². The Bertz CT molecular complexity index is 4790. The summed E-state index contributed by atoms with van der Waals surface area (Å²) in [5, 5.41) is 14.3.